The summed E-state index contributed by atoms with van der Waals surface area (Å²) in [6.45, 7) is -0.478. The summed E-state index contributed by atoms with van der Waals surface area (Å²) in [5.41, 5.74) is 3.14. The Morgan fingerprint density at radius 3 is 2.10 bits per heavy atom. The number of nitrogens with one attached hydrogen (secondary N) is 1. The van der Waals surface area contributed by atoms with Gasteiger partial charge in [-0.3, -0.25) is 29.6 Å². The first kappa shape index (κ1) is 20.8. The zero-order valence-electron chi connectivity index (χ0n) is 15.1. The van der Waals surface area contributed by atoms with E-state index in [2.05, 4.69) is 5.43 Å². The van der Waals surface area contributed by atoms with E-state index < -0.39 is 30.3 Å². The van der Waals surface area contributed by atoms with Crippen LogP contribution < -0.4 is 5.43 Å². The predicted octanol–water partition coefficient (Wildman–Crippen LogP) is 2.91. The Hall–Kier alpha value is -2.90. The van der Waals surface area contributed by atoms with Crippen LogP contribution in [0.5, 0.6) is 0 Å². The molecule has 2 amide bonds. The van der Waals surface area contributed by atoms with Crippen LogP contribution in [0.3, 0.4) is 0 Å². The number of nitrogens with zero attached hydrogens (tertiary/aromatic N) is 1. The fourth-order valence-corrected chi connectivity index (χ4v) is 2.99. The van der Waals surface area contributed by atoms with Crippen LogP contribution in [0.2, 0.25) is 10.0 Å². The second-order valence-corrected chi connectivity index (χ2v) is 7.26. The number of amides is 2. The van der Waals surface area contributed by atoms with Crippen molar-refractivity contribution in [2.24, 2.45) is 5.92 Å². The molecule has 1 heterocycles. The Bertz CT molecular complexity index is 944. The molecule has 0 aliphatic carbocycles. The molecule has 1 N–H and O–H groups in total. The second-order valence-electron chi connectivity index (χ2n) is 6.39. The molecule has 0 radical (unpaired) electrons. The lowest BCUT2D eigenvalue weighted by atomic mass is 10.1. The first-order valence-electron chi connectivity index (χ1n) is 8.66. The lowest BCUT2D eigenvalue weighted by Crippen LogP contribution is -2.43. The summed E-state index contributed by atoms with van der Waals surface area (Å²) in [5.74, 6) is -2.75. The molecule has 9 heteroatoms. The highest BCUT2D eigenvalue weighted by molar-refractivity contribution is 6.31. The first-order valence-corrected chi connectivity index (χ1v) is 9.41. The van der Waals surface area contributed by atoms with E-state index in [1.807, 2.05) is 0 Å². The molecule has 0 aromatic heterocycles. The maximum atomic E-state index is 12.2. The summed E-state index contributed by atoms with van der Waals surface area (Å²) < 4.78 is 5.04. The number of halogens is 2. The van der Waals surface area contributed by atoms with E-state index in [0.717, 1.165) is 5.01 Å². The van der Waals surface area contributed by atoms with Gasteiger partial charge in [0.1, 0.15) is 0 Å². The molecule has 2 aromatic rings. The quantitative estimate of drug-likeness (QED) is 0.557. The zero-order valence-corrected chi connectivity index (χ0v) is 16.6. The van der Waals surface area contributed by atoms with Gasteiger partial charge in [-0.2, -0.15) is 0 Å². The van der Waals surface area contributed by atoms with Gasteiger partial charge < -0.3 is 4.74 Å². The molecule has 29 heavy (non-hydrogen) atoms. The number of Topliss-reactive ketones (excluding diaryl/α,β-unsaturated/α-hetero) is 1. The minimum atomic E-state index is -0.772. The SMILES string of the molecule is O=C(COC(=O)C1CC(=O)N(NC(=O)c2ccc(Cl)cc2)C1)c1ccc(Cl)cc1. The highest BCUT2D eigenvalue weighted by Crippen LogP contribution is 2.19. The molecule has 0 spiro atoms. The highest BCUT2D eigenvalue weighted by Gasteiger charge is 2.36. The Morgan fingerprint density at radius 1 is 0.966 bits per heavy atom. The second kappa shape index (κ2) is 9.07. The van der Waals surface area contributed by atoms with Gasteiger partial charge in [0.05, 0.1) is 12.5 Å². The maximum Gasteiger partial charge on any atom is 0.311 e. The van der Waals surface area contributed by atoms with Gasteiger partial charge in [-0.05, 0) is 48.5 Å². The van der Waals surface area contributed by atoms with Gasteiger partial charge in [0.15, 0.2) is 12.4 Å². The zero-order chi connectivity index (χ0) is 21.0. The van der Waals surface area contributed by atoms with Gasteiger partial charge in [-0.1, -0.05) is 23.2 Å². The number of hydrogen-bond acceptors (Lipinski definition) is 5. The van der Waals surface area contributed by atoms with Crippen molar-refractivity contribution in [3.8, 4) is 0 Å². The van der Waals surface area contributed by atoms with Gasteiger partial charge in [-0.15, -0.1) is 0 Å². The van der Waals surface area contributed by atoms with Crippen LogP contribution in [0, 0.1) is 5.92 Å². The highest BCUT2D eigenvalue weighted by atomic mass is 35.5. The van der Waals surface area contributed by atoms with Crippen molar-refractivity contribution in [2.45, 2.75) is 6.42 Å². The van der Waals surface area contributed by atoms with E-state index in [9.17, 15) is 19.2 Å². The monoisotopic (exact) mass is 434 g/mol. The lowest BCUT2D eigenvalue weighted by Gasteiger charge is -2.17. The Balaban J connectivity index is 1.51. The summed E-state index contributed by atoms with van der Waals surface area (Å²) in [4.78, 5) is 48.6. The molecule has 150 valence electrons. The summed E-state index contributed by atoms with van der Waals surface area (Å²) in [5, 5.41) is 2.04. The third kappa shape index (κ3) is 5.34. The average Bonchev–Trinajstić information content (AvgIpc) is 3.07. The lowest BCUT2D eigenvalue weighted by molar-refractivity contribution is -0.147. The normalized spacial score (nSPS) is 15.9. The van der Waals surface area contributed by atoms with Crippen molar-refractivity contribution < 1.29 is 23.9 Å². The number of ketones is 1. The van der Waals surface area contributed by atoms with E-state index >= 15 is 0 Å². The van der Waals surface area contributed by atoms with Crippen molar-refractivity contribution in [2.75, 3.05) is 13.2 Å². The van der Waals surface area contributed by atoms with Gasteiger partial charge in [-0.25, -0.2) is 0 Å². The summed E-state index contributed by atoms with van der Waals surface area (Å²) in [7, 11) is 0. The standard InChI is InChI=1S/C20H16Cl2N2O5/c21-15-5-1-12(2-6-15)17(25)11-29-20(28)14-9-18(26)24(10-14)23-19(27)13-3-7-16(22)8-4-13/h1-8,14H,9-11H2,(H,23,27). The largest absolute Gasteiger partial charge is 0.457 e. The Morgan fingerprint density at radius 2 is 1.52 bits per heavy atom. The van der Waals surface area contributed by atoms with Crippen LogP contribution >= 0.6 is 23.2 Å². The summed E-state index contributed by atoms with van der Waals surface area (Å²) in [6, 6.07) is 12.3. The molecule has 0 saturated carbocycles. The van der Waals surface area contributed by atoms with Crippen molar-refractivity contribution >= 4 is 46.8 Å². The molecule has 2 aromatic carbocycles. The van der Waals surface area contributed by atoms with Crippen LogP contribution in [-0.2, 0) is 14.3 Å². The number of esters is 1. The fraction of sp³-hybridized carbons (Fsp3) is 0.200. The van der Waals surface area contributed by atoms with E-state index in [4.69, 9.17) is 27.9 Å². The number of carbonyl (C=O) groups excluding carboxylic acids is 4. The number of rotatable bonds is 6. The molecule has 1 unspecified atom stereocenters. The summed E-state index contributed by atoms with van der Waals surface area (Å²) >= 11 is 11.6. The molecule has 3 rings (SSSR count). The van der Waals surface area contributed by atoms with Crippen molar-refractivity contribution in [1.29, 1.82) is 0 Å². The average molecular weight is 435 g/mol. The number of carbonyl (C=O) groups is 4. The summed E-state index contributed by atoms with van der Waals surface area (Å²) in [6.07, 6.45) is -0.116. The van der Waals surface area contributed by atoms with Crippen LogP contribution in [0.15, 0.2) is 48.5 Å². The molecule has 1 fully saturated rings. The van der Waals surface area contributed by atoms with Gasteiger partial charge in [0.25, 0.3) is 5.91 Å². The van der Waals surface area contributed by atoms with Crippen LogP contribution in [0.4, 0.5) is 0 Å². The fourth-order valence-electron chi connectivity index (χ4n) is 2.74. The Kier molecular flexibility index (Phi) is 6.51. The molecule has 0 bridgehead atoms. The number of hydrazine groups is 1. The third-order valence-corrected chi connectivity index (χ3v) is 4.82. The smallest absolute Gasteiger partial charge is 0.311 e. The maximum absolute atomic E-state index is 12.2. The minimum Gasteiger partial charge on any atom is -0.457 e. The van der Waals surface area contributed by atoms with Crippen molar-refractivity contribution in [1.82, 2.24) is 10.4 Å². The third-order valence-electron chi connectivity index (χ3n) is 4.31. The molecule has 1 aliphatic heterocycles. The van der Waals surface area contributed by atoms with Crippen LogP contribution in [0.25, 0.3) is 0 Å². The molecular formula is C20H16Cl2N2O5. The molecular weight excluding hydrogens is 419 g/mol. The Labute approximate surface area is 176 Å². The predicted molar refractivity (Wildman–Crippen MR) is 105 cm³/mol. The van der Waals surface area contributed by atoms with Gasteiger partial charge in [0, 0.05) is 27.6 Å². The van der Waals surface area contributed by atoms with E-state index in [0.29, 0.717) is 21.2 Å². The number of benzene rings is 2. The topological polar surface area (TPSA) is 92.8 Å². The van der Waals surface area contributed by atoms with Crippen LogP contribution in [-0.4, -0.2) is 41.7 Å². The van der Waals surface area contributed by atoms with E-state index in [-0.39, 0.29) is 18.7 Å². The molecule has 1 atom stereocenters. The van der Waals surface area contributed by atoms with E-state index in [1.165, 1.54) is 24.3 Å². The molecule has 7 nitrogen and oxygen atoms in total. The van der Waals surface area contributed by atoms with Crippen LogP contribution in [0.1, 0.15) is 27.1 Å². The van der Waals surface area contributed by atoms with Gasteiger partial charge in [0.2, 0.25) is 5.91 Å². The number of ether oxygens (including phenoxy) is 1. The molecule has 1 saturated heterocycles. The molecule has 1 aliphatic rings. The van der Waals surface area contributed by atoms with Crippen molar-refractivity contribution in [3.05, 3.63) is 69.7 Å². The van der Waals surface area contributed by atoms with E-state index in [1.54, 1.807) is 24.3 Å². The van der Waals surface area contributed by atoms with Crippen molar-refractivity contribution in [3.63, 3.8) is 0 Å². The number of hydrogen-bond donors (Lipinski definition) is 1. The minimum absolute atomic E-state index is 0.0356. The van der Waals surface area contributed by atoms with Gasteiger partial charge >= 0.3 is 5.97 Å². The first-order chi connectivity index (χ1) is 13.8.